The third-order valence-electron chi connectivity index (χ3n) is 3.59. The third-order valence-corrected chi connectivity index (χ3v) is 3.59. The Bertz CT molecular complexity index is 458. The largest absolute Gasteiger partial charge is 0.409 e. The lowest BCUT2D eigenvalue weighted by Gasteiger charge is -2.27. The van der Waals surface area contributed by atoms with Crippen LogP contribution in [0.15, 0.2) is 23.5 Å². The minimum Gasteiger partial charge on any atom is -0.409 e. The van der Waals surface area contributed by atoms with Crippen molar-refractivity contribution in [2.24, 2.45) is 16.8 Å². The number of pyridine rings is 1. The van der Waals surface area contributed by atoms with Gasteiger partial charge in [-0.3, -0.25) is 4.98 Å². The lowest BCUT2D eigenvalue weighted by molar-refractivity contribution is 0.0549. The van der Waals surface area contributed by atoms with Crippen molar-refractivity contribution in [1.82, 2.24) is 9.88 Å². The number of oxime groups is 1. The van der Waals surface area contributed by atoms with Gasteiger partial charge in [0.05, 0.1) is 0 Å². The van der Waals surface area contributed by atoms with E-state index in [1.165, 1.54) is 0 Å². The smallest absolute Gasteiger partial charge is 0.189 e. The summed E-state index contributed by atoms with van der Waals surface area (Å²) in [5.74, 6) is 0.734. The third kappa shape index (κ3) is 3.91. The molecule has 20 heavy (non-hydrogen) atoms. The van der Waals surface area contributed by atoms with Crippen LogP contribution in [0.3, 0.4) is 0 Å². The summed E-state index contributed by atoms with van der Waals surface area (Å²) in [7, 11) is 2.08. The number of nitrogens with zero attached hydrogens (tertiary/aromatic N) is 3. The maximum absolute atomic E-state index is 8.80. The van der Waals surface area contributed by atoms with Crippen LogP contribution >= 0.6 is 0 Å². The summed E-state index contributed by atoms with van der Waals surface area (Å²) in [5.41, 5.74) is 7.18. The predicted octanol–water partition coefficient (Wildman–Crippen LogP) is 1.03. The second-order valence-electron chi connectivity index (χ2n) is 5.25. The molecule has 2 heterocycles. The van der Waals surface area contributed by atoms with Gasteiger partial charge in [-0.1, -0.05) is 11.2 Å². The Morgan fingerprint density at radius 3 is 3.00 bits per heavy atom. The molecule has 0 radical (unpaired) electrons. The Kier molecular flexibility index (Phi) is 5.31. The van der Waals surface area contributed by atoms with Crippen LogP contribution in [-0.4, -0.2) is 47.7 Å². The van der Waals surface area contributed by atoms with Crippen LogP contribution < -0.4 is 5.73 Å². The molecule has 0 saturated carbocycles. The molecule has 0 aromatic carbocycles. The lowest BCUT2D eigenvalue weighted by Crippen LogP contribution is -2.30. The maximum Gasteiger partial charge on any atom is 0.189 e. The Morgan fingerprint density at radius 2 is 2.30 bits per heavy atom. The predicted molar refractivity (Wildman–Crippen MR) is 76.6 cm³/mol. The normalized spacial score (nSPS) is 17.6. The first-order valence-electron chi connectivity index (χ1n) is 6.88. The highest BCUT2D eigenvalue weighted by Gasteiger charge is 2.17. The van der Waals surface area contributed by atoms with Gasteiger partial charge in [-0.2, -0.15) is 0 Å². The highest BCUT2D eigenvalue weighted by molar-refractivity contribution is 5.96. The molecular formula is C14H22N4O2. The number of aromatic nitrogens is 1. The molecule has 1 aromatic heterocycles. The van der Waals surface area contributed by atoms with Gasteiger partial charge in [0.2, 0.25) is 0 Å². The summed E-state index contributed by atoms with van der Waals surface area (Å²) in [6.45, 7) is 3.48. The molecule has 110 valence electrons. The highest BCUT2D eigenvalue weighted by atomic mass is 16.5. The molecule has 0 unspecified atom stereocenters. The van der Waals surface area contributed by atoms with E-state index >= 15 is 0 Å². The first-order chi connectivity index (χ1) is 9.70. The van der Waals surface area contributed by atoms with E-state index in [4.69, 9.17) is 15.7 Å². The number of amidine groups is 1. The molecule has 0 aliphatic carbocycles. The molecule has 0 amide bonds. The van der Waals surface area contributed by atoms with Gasteiger partial charge in [0.15, 0.2) is 5.84 Å². The van der Waals surface area contributed by atoms with Crippen molar-refractivity contribution < 1.29 is 9.94 Å². The van der Waals surface area contributed by atoms with Gasteiger partial charge in [-0.15, -0.1) is 0 Å². The second-order valence-corrected chi connectivity index (χ2v) is 5.25. The fourth-order valence-electron chi connectivity index (χ4n) is 2.57. The van der Waals surface area contributed by atoms with Crippen molar-refractivity contribution in [2.45, 2.75) is 19.4 Å². The Labute approximate surface area is 119 Å². The fraction of sp³-hybridized carbons (Fsp3) is 0.571. The van der Waals surface area contributed by atoms with E-state index in [2.05, 4.69) is 22.1 Å². The van der Waals surface area contributed by atoms with Crippen LogP contribution in [0.1, 0.15) is 24.1 Å². The molecule has 1 aromatic rings. The van der Waals surface area contributed by atoms with Gasteiger partial charge < -0.3 is 20.6 Å². The number of hydrogen-bond acceptors (Lipinski definition) is 5. The van der Waals surface area contributed by atoms with Gasteiger partial charge in [0.1, 0.15) is 5.69 Å². The Balaban J connectivity index is 1.98. The zero-order valence-corrected chi connectivity index (χ0v) is 11.8. The quantitative estimate of drug-likeness (QED) is 0.364. The van der Waals surface area contributed by atoms with Gasteiger partial charge >= 0.3 is 0 Å². The molecule has 2 rings (SSSR count). The Hall–Kier alpha value is -1.66. The van der Waals surface area contributed by atoms with Crippen LogP contribution in [0.4, 0.5) is 0 Å². The minimum absolute atomic E-state index is 0.0556. The summed E-state index contributed by atoms with van der Waals surface area (Å²) < 4.78 is 5.38. The zero-order chi connectivity index (χ0) is 14.4. The monoisotopic (exact) mass is 278 g/mol. The van der Waals surface area contributed by atoms with Crippen molar-refractivity contribution in [2.75, 3.05) is 26.8 Å². The molecule has 1 fully saturated rings. The van der Waals surface area contributed by atoms with Crippen molar-refractivity contribution in [3.05, 3.63) is 29.6 Å². The van der Waals surface area contributed by atoms with E-state index in [-0.39, 0.29) is 5.84 Å². The number of nitrogens with two attached hydrogens (primary N) is 1. The molecule has 3 N–H and O–H groups in total. The van der Waals surface area contributed by atoms with Crippen LogP contribution in [0.5, 0.6) is 0 Å². The van der Waals surface area contributed by atoms with E-state index in [1.807, 2.05) is 12.1 Å². The zero-order valence-electron chi connectivity index (χ0n) is 11.8. The summed E-state index contributed by atoms with van der Waals surface area (Å²) in [6, 6.07) is 3.83. The van der Waals surface area contributed by atoms with E-state index in [0.717, 1.165) is 44.7 Å². The summed E-state index contributed by atoms with van der Waals surface area (Å²) in [5, 5.41) is 11.8. The molecular weight excluding hydrogens is 256 g/mol. The molecule has 0 spiro atoms. The maximum atomic E-state index is 8.80. The van der Waals surface area contributed by atoms with E-state index in [0.29, 0.717) is 11.6 Å². The van der Waals surface area contributed by atoms with Crippen molar-refractivity contribution in [3.8, 4) is 0 Å². The summed E-state index contributed by atoms with van der Waals surface area (Å²) in [4.78, 5) is 6.44. The lowest BCUT2D eigenvalue weighted by atomic mass is 9.99. The van der Waals surface area contributed by atoms with E-state index in [9.17, 15) is 0 Å². The van der Waals surface area contributed by atoms with Gasteiger partial charge in [-0.25, -0.2) is 0 Å². The number of rotatable bonds is 5. The van der Waals surface area contributed by atoms with Crippen LogP contribution in [-0.2, 0) is 11.3 Å². The van der Waals surface area contributed by atoms with Crippen molar-refractivity contribution in [3.63, 3.8) is 0 Å². The summed E-state index contributed by atoms with van der Waals surface area (Å²) in [6.07, 6.45) is 3.88. The van der Waals surface area contributed by atoms with Gasteiger partial charge in [0.25, 0.3) is 0 Å². The first kappa shape index (κ1) is 14.7. The van der Waals surface area contributed by atoms with E-state index < -0.39 is 0 Å². The average molecular weight is 278 g/mol. The van der Waals surface area contributed by atoms with Gasteiger partial charge in [-0.05, 0) is 37.4 Å². The van der Waals surface area contributed by atoms with Crippen LogP contribution in [0, 0.1) is 5.92 Å². The topological polar surface area (TPSA) is 84.0 Å². The molecule has 1 aliphatic heterocycles. The molecule has 0 atom stereocenters. The SMILES string of the molecule is CN(Cc1cccnc1C(N)=NO)CC1CCOCC1. The van der Waals surface area contributed by atoms with Crippen LogP contribution in [0.25, 0.3) is 0 Å². The van der Waals surface area contributed by atoms with Crippen LogP contribution in [0.2, 0.25) is 0 Å². The van der Waals surface area contributed by atoms with E-state index in [1.54, 1.807) is 6.20 Å². The molecule has 6 heteroatoms. The average Bonchev–Trinajstić information content (AvgIpc) is 2.48. The molecule has 0 bridgehead atoms. The minimum atomic E-state index is 0.0556. The molecule has 1 aliphatic rings. The first-order valence-corrected chi connectivity index (χ1v) is 6.88. The highest BCUT2D eigenvalue weighted by Crippen LogP contribution is 2.17. The van der Waals surface area contributed by atoms with Crippen molar-refractivity contribution >= 4 is 5.84 Å². The van der Waals surface area contributed by atoms with Crippen molar-refractivity contribution in [1.29, 1.82) is 0 Å². The fourth-order valence-corrected chi connectivity index (χ4v) is 2.57. The standard InChI is InChI=1S/C14H22N4O2/c1-18(9-11-4-7-20-8-5-11)10-12-3-2-6-16-13(12)14(15)17-19/h2-3,6,11,19H,4-5,7-10H2,1H3,(H2,15,17). The number of ether oxygens (including phenoxy) is 1. The Morgan fingerprint density at radius 1 is 1.55 bits per heavy atom. The molecule has 1 saturated heterocycles. The number of hydrogen-bond donors (Lipinski definition) is 2. The molecule has 6 nitrogen and oxygen atoms in total. The second kappa shape index (κ2) is 7.21. The van der Waals surface area contributed by atoms with Gasteiger partial charge in [0, 0.05) is 32.5 Å². The summed E-state index contributed by atoms with van der Waals surface area (Å²) >= 11 is 0.